The Morgan fingerprint density at radius 2 is 1.45 bits per heavy atom. The van der Waals surface area contributed by atoms with E-state index >= 15 is 0 Å². The van der Waals surface area contributed by atoms with E-state index < -0.39 is 0 Å². The van der Waals surface area contributed by atoms with Crippen LogP contribution in [-0.4, -0.2) is 18.2 Å². The third-order valence-electron chi connectivity index (χ3n) is 2.57. The van der Waals surface area contributed by atoms with E-state index in [9.17, 15) is 0 Å². The van der Waals surface area contributed by atoms with Crippen molar-refractivity contribution in [2.24, 2.45) is 0 Å². The van der Waals surface area contributed by atoms with Crippen molar-refractivity contribution in [3.8, 4) is 17.5 Å². The van der Waals surface area contributed by atoms with Gasteiger partial charge in [-0.2, -0.15) is 4.98 Å². The van der Waals surface area contributed by atoms with E-state index in [1.165, 1.54) is 0 Å². The highest BCUT2D eigenvalue weighted by Gasteiger charge is 2.05. The van der Waals surface area contributed by atoms with Gasteiger partial charge < -0.3 is 14.2 Å². The lowest BCUT2D eigenvalue weighted by atomic mass is 10.2. The molecule has 1 heterocycles. The molecule has 0 bridgehead atoms. The molecule has 0 saturated heterocycles. The predicted molar refractivity (Wildman–Crippen MR) is 77.3 cm³/mol. The maximum Gasteiger partial charge on any atom is 0.216 e. The summed E-state index contributed by atoms with van der Waals surface area (Å²) < 4.78 is 16.6. The Morgan fingerprint density at radius 3 is 2.00 bits per heavy atom. The van der Waals surface area contributed by atoms with Gasteiger partial charge in [-0.15, -0.1) is 0 Å². The molecule has 0 aliphatic carbocycles. The van der Waals surface area contributed by atoms with E-state index in [2.05, 4.69) is 4.98 Å². The molecule has 0 aliphatic rings. The fourth-order valence-electron chi connectivity index (χ4n) is 1.74. The van der Waals surface area contributed by atoms with Crippen LogP contribution < -0.4 is 14.2 Å². The molecule has 0 unspecified atom stereocenters. The van der Waals surface area contributed by atoms with Gasteiger partial charge in [0.25, 0.3) is 0 Å². The predicted octanol–water partition coefficient (Wildman–Crippen LogP) is 3.46. The molecule has 2 rings (SSSR count). The zero-order valence-electron chi connectivity index (χ0n) is 11.8. The highest BCUT2D eigenvalue weighted by molar-refractivity contribution is 5.29. The molecule has 0 radical (unpaired) electrons. The van der Waals surface area contributed by atoms with Crippen molar-refractivity contribution >= 4 is 0 Å². The topological polar surface area (TPSA) is 40.6 Å². The highest BCUT2D eigenvalue weighted by Crippen LogP contribution is 2.20. The second kappa shape index (κ2) is 7.38. The molecule has 0 aliphatic heterocycles. The van der Waals surface area contributed by atoms with Gasteiger partial charge in [-0.05, 0) is 31.5 Å². The van der Waals surface area contributed by atoms with Crippen molar-refractivity contribution in [2.45, 2.75) is 20.5 Å². The quantitative estimate of drug-likeness (QED) is 0.774. The van der Waals surface area contributed by atoms with Crippen LogP contribution in [0.5, 0.6) is 17.5 Å². The van der Waals surface area contributed by atoms with Crippen molar-refractivity contribution in [3.63, 3.8) is 0 Å². The van der Waals surface area contributed by atoms with Gasteiger partial charge >= 0.3 is 0 Å². The SMILES string of the molecule is CCOc1cc(COc2ccccc2)cc(OCC)n1. The van der Waals surface area contributed by atoms with Crippen LogP contribution in [0.1, 0.15) is 19.4 Å². The Hall–Kier alpha value is -2.23. The fourth-order valence-corrected chi connectivity index (χ4v) is 1.74. The monoisotopic (exact) mass is 273 g/mol. The first-order chi connectivity index (χ1) is 9.81. The van der Waals surface area contributed by atoms with E-state index in [0.717, 1.165) is 11.3 Å². The minimum Gasteiger partial charge on any atom is -0.489 e. The number of benzene rings is 1. The molecule has 0 atom stereocenters. The van der Waals surface area contributed by atoms with Crippen LogP contribution in [0.25, 0.3) is 0 Å². The Morgan fingerprint density at radius 1 is 0.850 bits per heavy atom. The molecule has 0 spiro atoms. The Kier molecular flexibility index (Phi) is 5.24. The van der Waals surface area contributed by atoms with Gasteiger partial charge in [0, 0.05) is 12.1 Å². The molecule has 20 heavy (non-hydrogen) atoms. The van der Waals surface area contributed by atoms with Crippen LogP contribution in [-0.2, 0) is 6.61 Å². The van der Waals surface area contributed by atoms with Crippen LogP contribution in [0.3, 0.4) is 0 Å². The second-order valence-electron chi connectivity index (χ2n) is 4.12. The summed E-state index contributed by atoms with van der Waals surface area (Å²) in [5, 5.41) is 0. The second-order valence-corrected chi connectivity index (χ2v) is 4.12. The van der Waals surface area contributed by atoms with Crippen LogP contribution in [0.2, 0.25) is 0 Å². The number of para-hydroxylation sites is 1. The molecule has 1 aromatic carbocycles. The molecule has 4 nitrogen and oxygen atoms in total. The summed E-state index contributed by atoms with van der Waals surface area (Å²) >= 11 is 0. The van der Waals surface area contributed by atoms with Crippen molar-refractivity contribution < 1.29 is 14.2 Å². The summed E-state index contributed by atoms with van der Waals surface area (Å²) in [4.78, 5) is 4.27. The van der Waals surface area contributed by atoms with E-state index in [1.807, 2.05) is 56.3 Å². The van der Waals surface area contributed by atoms with Crippen LogP contribution in [0.4, 0.5) is 0 Å². The maximum absolute atomic E-state index is 5.72. The number of ether oxygens (including phenoxy) is 3. The molecule has 0 fully saturated rings. The summed E-state index contributed by atoms with van der Waals surface area (Å²) in [7, 11) is 0. The van der Waals surface area contributed by atoms with E-state index in [0.29, 0.717) is 31.6 Å². The molecule has 0 N–H and O–H groups in total. The lowest BCUT2D eigenvalue weighted by Gasteiger charge is -2.10. The normalized spacial score (nSPS) is 10.1. The van der Waals surface area contributed by atoms with Crippen molar-refractivity contribution in [1.29, 1.82) is 0 Å². The third-order valence-corrected chi connectivity index (χ3v) is 2.57. The van der Waals surface area contributed by atoms with Crippen LogP contribution in [0, 0.1) is 0 Å². The molecule has 2 aromatic rings. The summed E-state index contributed by atoms with van der Waals surface area (Å²) in [6.45, 7) is 5.44. The molecule has 4 heteroatoms. The average Bonchev–Trinajstić information content (AvgIpc) is 2.47. The number of hydrogen-bond donors (Lipinski definition) is 0. The third kappa shape index (κ3) is 4.16. The Balaban J connectivity index is 2.09. The highest BCUT2D eigenvalue weighted by atomic mass is 16.5. The van der Waals surface area contributed by atoms with E-state index in [-0.39, 0.29) is 0 Å². The summed E-state index contributed by atoms with van der Waals surface area (Å²) in [5.74, 6) is 1.95. The summed E-state index contributed by atoms with van der Waals surface area (Å²) in [6, 6.07) is 13.4. The number of aromatic nitrogens is 1. The van der Waals surface area contributed by atoms with Crippen LogP contribution in [0.15, 0.2) is 42.5 Å². The van der Waals surface area contributed by atoms with Crippen LogP contribution >= 0.6 is 0 Å². The smallest absolute Gasteiger partial charge is 0.216 e. The van der Waals surface area contributed by atoms with Gasteiger partial charge in [0.05, 0.1) is 13.2 Å². The molecule has 0 saturated carbocycles. The van der Waals surface area contributed by atoms with Crippen molar-refractivity contribution in [3.05, 3.63) is 48.0 Å². The minimum absolute atomic E-state index is 0.451. The number of rotatable bonds is 7. The number of hydrogen-bond acceptors (Lipinski definition) is 4. The molecule has 1 aromatic heterocycles. The number of pyridine rings is 1. The fraction of sp³-hybridized carbons (Fsp3) is 0.312. The molecular weight excluding hydrogens is 254 g/mol. The Labute approximate surface area is 119 Å². The van der Waals surface area contributed by atoms with Crippen molar-refractivity contribution in [2.75, 3.05) is 13.2 Å². The molecular formula is C16H19NO3. The zero-order valence-corrected chi connectivity index (χ0v) is 11.8. The van der Waals surface area contributed by atoms with Gasteiger partial charge in [-0.3, -0.25) is 0 Å². The van der Waals surface area contributed by atoms with Gasteiger partial charge in [-0.1, -0.05) is 18.2 Å². The van der Waals surface area contributed by atoms with E-state index in [4.69, 9.17) is 14.2 Å². The Bertz CT molecular complexity index is 504. The van der Waals surface area contributed by atoms with Crippen molar-refractivity contribution in [1.82, 2.24) is 4.98 Å². The van der Waals surface area contributed by atoms with Gasteiger partial charge in [-0.25, -0.2) is 0 Å². The first kappa shape index (κ1) is 14.2. The maximum atomic E-state index is 5.72. The van der Waals surface area contributed by atoms with Gasteiger partial charge in [0.15, 0.2) is 0 Å². The minimum atomic E-state index is 0.451. The number of nitrogens with zero attached hydrogens (tertiary/aromatic N) is 1. The lowest BCUT2D eigenvalue weighted by Crippen LogP contribution is -2.02. The first-order valence-electron chi connectivity index (χ1n) is 6.76. The largest absolute Gasteiger partial charge is 0.489 e. The zero-order chi connectivity index (χ0) is 14.2. The molecule has 0 amide bonds. The average molecular weight is 273 g/mol. The standard InChI is InChI=1S/C16H19NO3/c1-3-18-15-10-13(11-16(17-15)19-4-2)12-20-14-8-6-5-7-9-14/h5-11H,3-4,12H2,1-2H3. The van der Waals surface area contributed by atoms with Gasteiger partial charge in [0.1, 0.15) is 12.4 Å². The summed E-state index contributed by atoms with van der Waals surface area (Å²) in [5.41, 5.74) is 0.968. The first-order valence-corrected chi connectivity index (χ1v) is 6.76. The summed E-state index contributed by atoms with van der Waals surface area (Å²) in [6.07, 6.45) is 0. The van der Waals surface area contributed by atoms with E-state index in [1.54, 1.807) is 0 Å². The lowest BCUT2D eigenvalue weighted by molar-refractivity contribution is 0.286. The van der Waals surface area contributed by atoms with Gasteiger partial charge in [0.2, 0.25) is 11.8 Å². The molecule has 106 valence electrons.